The highest BCUT2D eigenvalue weighted by molar-refractivity contribution is 6.29. The van der Waals surface area contributed by atoms with Crippen molar-refractivity contribution < 1.29 is 14.3 Å². The maximum atomic E-state index is 12.2. The SMILES string of the molecule is O=C(NC(Cc1ccncc1)C1CC(O)C1)c1ccc(Cl)o1. The lowest BCUT2D eigenvalue weighted by atomic mass is 9.75. The molecule has 0 saturated heterocycles. The van der Waals surface area contributed by atoms with Gasteiger partial charge in [-0.1, -0.05) is 0 Å². The monoisotopic (exact) mass is 320 g/mol. The topological polar surface area (TPSA) is 75.4 Å². The van der Waals surface area contributed by atoms with E-state index in [1.807, 2.05) is 12.1 Å². The molecule has 0 radical (unpaired) electrons. The molecule has 22 heavy (non-hydrogen) atoms. The second-order valence-corrected chi connectivity index (χ2v) is 6.00. The van der Waals surface area contributed by atoms with E-state index < -0.39 is 0 Å². The third-order valence-corrected chi connectivity index (χ3v) is 4.24. The lowest BCUT2D eigenvalue weighted by Gasteiger charge is -2.38. The first-order chi connectivity index (χ1) is 10.6. The number of aliphatic hydroxyl groups excluding tert-OH is 1. The van der Waals surface area contributed by atoms with Crippen LogP contribution in [-0.4, -0.2) is 28.1 Å². The van der Waals surface area contributed by atoms with Crippen molar-refractivity contribution >= 4 is 17.5 Å². The fraction of sp³-hybridized carbons (Fsp3) is 0.375. The minimum absolute atomic E-state index is 0.0535. The summed E-state index contributed by atoms with van der Waals surface area (Å²) in [4.78, 5) is 16.2. The molecule has 6 heteroatoms. The van der Waals surface area contributed by atoms with Crippen molar-refractivity contribution in [2.75, 3.05) is 0 Å². The number of aliphatic hydroxyl groups is 1. The molecular formula is C16H17ClN2O3. The number of aromatic nitrogens is 1. The Morgan fingerprint density at radius 3 is 2.68 bits per heavy atom. The summed E-state index contributed by atoms with van der Waals surface area (Å²) < 4.78 is 5.14. The van der Waals surface area contributed by atoms with E-state index in [1.165, 1.54) is 0 Å². The van der Waals surface area contributed by atoms with Crippen LogP contribution >= 0.6 is 11.6 Å². The van der Waals surface area contributed by atoms with E-state index >= 15 is 0 Å². The van der Waals surface area contributed by atoms with E-state index in [2.05, 4.69) is 10.3 Å². The van der Waals surface area contributed by atoms with Gasteiger partial charge >= 0.3 is 0 Å². The molecule has 5 nitrogen and oxygen atoms in total. The van der Waals surface area contributed by atoms with Crippen LogP contribution in [0.3, 0.4) is 0 Å². The molecule has 1 amide bonds. The number of nitrogens with one attached hydrogen (secondary N) is 1. The number of halogens is 1. The minimum atomic E-state index is -0.285. The highest BCUT2D eigenvalue weighted by Gasteiger charge is 2.35. The van der Waals surface area contributed by atoms with Gasteiger partial charge in [-0.25, -0.2) is 0 Å². The number of amides is 1. The van der Waals surface area contributed by atoms with Crippen LogP contribution < -0.4 is 5.32 Å². The van der Waals surface area contributed by atoms with Gasteiger partial charge in [0.25, 0.3) is 5.91 Å². The van der Waals surface area contributed by atoms with Crippen LogP contribution in [0, 0.1) is 5.92 Å². The molecule has 2 aromatic heterocycles. The average Bonchev–Trinajstić information content (AvgIpc) is 2.91. The number of pyridine rings is 1. The molecule has 1 saturated carbocycles. The minimum Gasteiger partial charge on any atom is -0.440 e. The first-order valence-corrected chi connectivity index (χ1v) is 7.63. The smallest absolute Gasteiger partial charge is 0.287 e. The summed E-state index contributed by atoms with van der Waals surface area (Å²) >= 11 is 5.70. The van der Waals surface area contributed by atoms with Gasteiger partial charge in [-0.2, -0.15) is 0 Å². The number of hydrogen-bond donors (Lipinski definition) is 2. The molecule has 1 fully saturated rings. The quantitative estimate of drug-likeness (QED) is 0.887. The standard InChI is InChI=1S/C16H17ClN2O3/c17-15-2-1-14(22-15)16(21)19-13(11-8-12(20)9-11)7-10-3-5-18-6-4-10/h1-6,11-13,20H,7-9H2,(H,19,21). The normalized spacial score (nSPS) is 21.9. The van der Waals surface area contributed by atoms with E-state index in [4.69, 9.17) is 16.0 Å². The molecular weight excluding hydrogens is 304 g/mol. The van der Waals surface area contributed by atoms with Crippen LogP contribution in [0.15, 0.2) is 41.1 Å². The van der Waals surface area contributed by atoms with Crippen LogP contribution in [0.4, 0.5) is 0 Å². The number of carbonyl (C=O) groups is 1. The van der Waals surface area contributed by atoms with Crippen LogP contribution in [0.1, 0.15) is 29.0 Å². The molecule has 116 valence electrons. The van der Waals surface area contributed by atoms with E-state index in [0.717, 1.165) is 5.56 Å². The highest BCUT2D eigenvalue weighted by atomic mass is 35.5. The van der Waals surface area contributed by atoms with Gasteiger partial charge in [0, 0.05) is 18.4 Å². The Balaban J connectivity index is 1.69. The lowest BCUT2D eigenvalue weighted by molar-refractivity contribution is 0.0236. The molecule has 1 aliphatic carbocycles. The van der Waals surface area contributed by atoms with Crippen LogP contribution in [-0.2, 0) is 6.42 Å². The summed E-state index contributed by atoms with van der Waals surface area (Å²) in [6, 6.07) is 6.90. The second kappa shape index (κ2) is 6.50. The summed E-state index contributed by atoms with van der Waals surface area (Å²) in [5.74, 6) is 0.175. The number of furan rings is 1. The first-order valence-electron chi connectivity index (χ1n) is 7.25. The molecule has 1 unspecified atom stereocenters. The number of hydrogen-bond acceptors (Lipinski definition) is 4. The summed E-state index contributed by atoms with van der Waals surface area (Å²) in [6.07, 6.45) is 5.30. The zero-order chi connectivity index (χ0) is 15.5. The van der Waals surface area contributed by atoms with Gasteiger partial charge in [0.05, 0.1) is 6.10 Å². The largest absolute Gasteiger partial charge is 0.440 e. The van der Waals surface area contributed by atoms with E-state index in [1.54, 1.807) is 24.5 Å². The first kappa shape index (κ1) is 15.1. The predicted molar refractivity (Wildman–Crippen MR) is 81.6 cm³/mol. The summed E-state index contributed by atoms with van der Waals surface area (Å²) in [5.41, 5.74) is 1.10. The average molecular weight is 321 g/mol. The number of rotatable bonds is 5. The molecule has 2 heterocycles. The van der Waals surface area contributed by atoms with Crippen molar-refractivity contribution in [2.24, 2.45) is 5.92 Å². The summed E-state index contributed by atoms with van der Waals surface area (Å²) in [6.45, 7) is 0. The third-order valence-electron chi connectivity index (χ3n) is 4.04. The molecule has 3 rings (SSSR count). The number of nitrogens with zero attached hydrogens (tertiary/aromatic N) is 1. The molecule has 0 aliphatic heterocycles. The van der Waals surface area contributed by atoms with E-state index in [9.17, 15) is 9.90 Å². The van der Waals surface area contributed by atoms with Crippen molar-refractivity contribution in [2.45, 2.75) is 31.4 Å². The van der Waals surface area contributed by atoms with Crippen LogP contribution in [0.2, 0.25) is 5.22 Å². The highest BCUT2D eigenvalue weighted by Crippen LogP contribution is 2.32. The van der Waals surface area contributed by atoms with Gasteiger partial charge in [0.1, 0.15) is 0 Å². The summed E-state index contributed by atoms with van der Waals surface area (Å²) in [7, 11) is 0. The Bertz CT molecular complexity index is 638. The maximum Gasteiger partial charge on any atom is 0.287 e. The fourth-order valence-electron chi connectivity index (χ4n) is 2.74. The molecule has 1 atom stereocenters. The Morgan fingerprint density at radius 1 is 1.36 bits per heavy atom. The Morgan fingerprint density at radius 2 is 2.09 bits per heavy atom. The van der Waals surface area contributed by atoms with Crippen LogP contribution in [0.5, 0.6) is 0 Å². The maximum absolute atomic E-state index is 12.2. The van der Waals surface area contributed by atoms with Crippen molar-refractivity contribution in [3.05, 3.63) is 53.2 Å². The predicted octanol–water partition coefficient (Wildman–Crippen LogP) is 2.44. The molecule has 0 aromatic carbocycles. The Kier molecular flexibility index (Phi) is 4.45. The zero-order valence-corrected chi connectivity index (χ0v) is 12.7. The van der Waals surface area contributed by atoms with Crippen molar-refractivity contribution in [3.63, 3.8) is 0 Å². The van der Waals surface area contributed by atoms with Gasteiger partial charge in [0.2, 0.25) is 0 Å². The lowest BCUT2D eigenvalue weighted by Crippen LogP contribution is -2.48. The fourth-order valence-corrected chi connectivity index (χ4v) is 2.89. The van der Waals surface area contributed by atoms with E-state index in [0.29, 0.717) is 19.3 Å². The van der Waals surface area contributed by atoms with Gasteiger partial charge in [-0.05, 0) is 66.6 Å². The molecule has 2 aromatic rings. The van der Waals surface area contributed by atoms with Gasteiger partial charge in [-0.3, -0.25) is 9.78 Å². The number of carbonyl (C=O) groups excluding carboxylic acids is 1. The van der Waals surface area contributed by atoms with Crippen molar-refractivity contribution in [3.8, 4) is 0 Å². The van der Waals surface area contributed by atoms with Crippen molar-refractivity contribution in [1.29, 1.82) is 0 Å². The van der Waals surface area contributed by atoms with Crippen LogP contribution in [0.25, 0.3) is 0 Å². The van der Waals surface area contributed by atoms with E-state index in [-0.39, 0.29) is 35.0 Å². The Labute approximate surface area is 133 Å². The molecule has 1 aliphatic rings. The van der Waals surface area contributed by atoms with Gasteiger partial charge in [-0.15, -0.1) is 0 Å². The summed E-state index contributed by atoms with van der Waals surface area (Å²) in [5, 5.41) is 12.7. The molecule has 0 bridgehead atoms. The van der Waals surface area contributed by atoms with Gasteiger partial charge < -0.3 is 14.8 Å². The molecule has 2 N–H and O–H groups in total. The van der Waals surface area contributed by atoms with Crippen molar-refractivity contribution in [1.82, 2.24) is 10.3 Å². The second-order valence-electron chi connectivity index (χ2n) is 5.63. The molecule has 0 spiro atoms. The Hall–Kier alpha value is -1.85. The zero-order valence-electron chi connectivity index (χ0n) is 11.9. The van der Waals surface area contributed by atoms with Gasteiger partial charge in [0.15, 0.2) is 11.0 Å². The third kappa shape index (κ3) is 3.48.